The smallest absolute Gasteiger partial charge is 0.335 e. The molecule has 0 bridgehead atoms. The van der Waals surface area contributed by atoms with Crippen molar-refractivity contribution in [2.75, 3.05) is 31.1 Å². The van der Waals surface area contributed by atoms with E-state index < -0.39 is 5.97 Å². The molecule has 192 valence electrons. The van der Waals surface area contributed by atoms with Gasteiger partial charge in [-0.1, -0.05) is 12.2 Å². The van der Waals surface area contributed by atoms with Crippen LogP contribution in [-0.2, 0) is 4.79 Å². The number of hydrogen-bond acceptors (Lipinski definition) is 5. The highest BCUT2D eigenvalue weighted by Gasteiger charge is 2.27. The molecule has 0 amide bonds. The first-order chi connectivity index (χ1) is 17.9. The van der Waals surface area contributed by atoms with Crippen molar-refractivity contribution >= 4 is 40.0 Å². The molecule has 0 aromatic heterocycles. The van der Waals surface area contributed by atoms with Gasteiger partial charge in [0.15, 0.2) is 0 Å². The number of carbonyl (C=O) groups is 1. The molecule has 0 saturated heterocycles. The van der Waals surface area contributed by atoms with Gasteiger partial charge < -0.3 is 14.4 Å². The molecule has 4 rings (SSSR count). The number of benzene rings is 2. The Morgan fingerprint density at radius 3 is 2.57 bits per heavy atom. The first-order valence-electron chi connectivity index (χ1n) is 13.0. The number of fused-ring (bicyclic) bond motifs is 2. The van der Waals surface area contributed by atoms with Gasteiger partial charge in [0.2, 0.25) is 5.36 Å². The Bertz CT molecular complexity index is 1450. The van der Waals surface area contributed by atoms with Crippen molar-refractivity contribution in [3.05, 3.63) is 65.0 Å². The molecule has 6 nitrogen and oxygen atoms in total. The summed E-state index contributed by atoms with van der Waals surface area (Å²) in [7, 11) is 0. The molecular weight excluding hydrogens is 482 g/mol. The van der Waals surface area contributed by atoms with E-state index in [2.05, 4.69) is 66.8 Å². The van der Waals surface area contributed by atoms with Crippen LogP contribution in [0.25, 0.3) is 27.9 Å². The Hall–Kier alpha value is -3.50. The first kappa shape index (κ1) is 26.6. The van der Waals surface area contributed by atoms with E-state index in [1.54, 1.807) is 6.08 Å². The zero-order chi connectivity index (χ0) is 26.5. The summed E-state index contributed by atoms with van der Waals surface area (Å²) >= 11 is 1.20. The van der Waals surface area contributed by atoms with Gasteiger partial charge in [-0.15, -0.1) is 0 Å². The number of thioether (sulfide) groups is 1. The number of carboxylic acid groups (broad SMARTS) is 1. The predicted molar refractivity (Wildman–Crippen MR) is 153 cm³/mol. The van der Waals surface area contributed by atoms with Crippen LogP contribution in [0.3, 0.4) is 0 Å². The molecule has 1 aromatic rings. The second-order valence-corrected chi connectivity index (χ2v) is 10.1. The molecule has 1 atom stereocenters. The highest BCUT2D eigenvalue weighted by molar-refractivity contribution is 8.04. The lowest BCUT2D eigenvalue weighted by Gasteiger charge is -2.23. The van der Waals surface area contributed by atoms with Gasteiger partial charge in [-0.05, 0) is 76.1 Å². The van der Waals surface area contributed by atoms with E-state index in [9.17, 15) is 15.2 Å². The largest absolute Gasteiger partial charge is 0.478 e. The zero-order valence-corrected chi connectivity index (χ0v) is 22.8. The summed E-state index contributed by atoms with van der Waals surface area (Å²) in [6, 6.07) is 12.4. The van der Waals surface area contributed by atoms with E-state index in [1.807, 2.05) is 18.2 Å². The van der Waals surface area contributed by atoms with Gasteiger partial charge in [-0.3, -0.25) is 0 Å². The quantitative estimate of drug-likeness (QED) is 0.226. The third-order valence-corrected chi connectivity index (χ3v) is 7.94. The highest BCUT2D eigenvalue weighted by Crippen LogP contribution is 2.43. The second-order valence-electron chi connectivity index (χ2n) is 9.05. The molecule has 1 heterocycles. The standard InChI is InChI=1S/C30H33N3O3S/c1-5-32(6-2)20-12-14-24-27(16-20)36-28-17-21(33(7-3)8-4)13-15-25(28)29(24)26-18-22(37-19-31)10-9-11-23(26)30(34)35/h9,11-17,22H,5-8,10,18H2,1-4H3/p+1. The molecule has 2 aliphatic carbocycles. The minimum atomic E-state index is -0.963. The van der Waals surface area contributed by atoms with Crippen molar-refractivity contribution in [2.45, 2.75) is 45.8 Å². The lowest BCUT2D eigenvalue weighted by molar-refractivity contribution is -0.132. The molecule has 3 aliphatic rings. The van der Waals surface area contributed by atoms with Crippen LogP contribution in [0.2, 0.25) is 0 Å². The number of rotatable bonds is 8. The fourth-order valence-electron chi connectivity index (χ4n) is 5.22. The number of carboxylic acids is 1. The Balaban J connectivity index is 2.12. The maximum Gasteiger partial charge on any atom is 0.335 e. The molecule has 0 spiro atoms. The Morgan fingerprint density at radius 2 is 1.92 bits per heavy atom. The van der Waals surface area contributed by atoms with Gasteiger partial charge in [0.25, 0.3) is 0 Å². The average Bonchev–Trinajstić information content (AvgIpc) is 3.11. The van der Waals surface area contributed by atoms with E-state index >= 15 is 0 Å². The molecule has 0 radical (unpaired) electrons. The van der Waals surface area contributed by atoms with Crippen molar-refractivity contribution < 1.29 is 14.3 Å². The Kier molecular flexibility index (Phi) is 8.40. The number of nitrogens with zero attached hydrogens (tertiary/aromatic N) is 3. The summed E-state index contributed by atoms with van der Waals surface area (Å²) in [5, 5.41) is 23.7. The maximum atomic E-state index is 12.5. The van der Waals surface area contributed by atoms with Crippen LogP contribution < -0.4 is 14.8 Å². The molecule has 0 fully saturated rings. The fourth-order valence-corrected chi connectivity index (χ4v) is 5.83. The van der Waals surface area contributed by atoms with Gasteiger partial charge >= 0.3 is 5.97 Å². The van der Waals surface area contributed by atoms with Gasteiger partial charge in [0, 0.05) is 52.7 Å². The van der Waals surface area contributed by atoms with Gasteiger partial charge in [0.1, 0.15) is 29.8 Å². The first-order valence-corrected chi connectivity index (χ1v) is 13.8. The molecule has 37 heavy (non-hydrogen) atoms. The van der Waals surface area contributed by atoms with Crippen LogP contribution >= 0.6 is 11.8 Å². The van der Waals surface area contributed by atoms with Gasteiger partial charge in [-0.2, -0.15) is 5.26 Å². The lowest BCUT2D eigenvalue weighted by atomic mass is 9.88. The lowest BCUT2D eigenvalue weighted by Crippen LogP contribution is -2.29. The van der Waals surface area contributed by atoms with E-state index in [0.29, 0.717) is 12.8 Å². The summed E-state index contributed by atoms with van der Waals surface area (Å²) in [5.74, 6) is -0.242. The van der Waals surface area contributed by atoms with Crippen molar-refractivity contribution in [3.8, 4) is 16.7 Å². The minimum Gasteiger partial charge on any atom is -0.478 e. The van der Waals surface area contributed by atoms with E-state index in [0.717, 1.165) is 70.7 Å². The third kappa shape index (κ3) is 5.30. The maximum absolute atomic E-state index is 12.5. The van der Waals surface area contributed by atoms with Crippen molar-refractivity contribution in [1.29, 1.82) is 5.26 Å². The van der Waals surface area contributed by atoms with Crippen LogP contribution in [0.15, 0.2) is 58.5 Å². The molecule has 1 aliphatic heterocycles. The number of nitriles is 1. The van der Waals surface area contributed by atoms with Crippen LogP contribution in [0, 0.1) is 10.7 Å². The third-order valence-electron chi connectivity index (χ3n) is 7.14. The monoisotopic (exact) mass is 516 g/mol. The van der Waals surface area contributed by atoms with Crippen LogP contribution in [0.1, 0.15) is 46.1 Å². The van der Waals surface area contributed by atoms with Crippen molar-refractivity contribution in [1.82, 2.24) is 4.58 Å². The number of anilines is 1. The fraction of sp³-hybridized carbons (Fsp3) is 0.367. The normalized spacial score (nSPS) is 15.6. The van der Waals surface area contributed by atoms with Crippen molar-refractivity contribution in [2.24, 2.45) is 0 Å². The summed E-state index contributed by atoms with van der Waals surface area (Å²) in [5.41, 5.74) is 4.56. The summed E-state index contributed by atoms with van der Waals surface area (Å²) in [4.78, 5) is 14.7. The number of thiocyanates is 1. The van der Waals surface area contributed by atoms with Gasteiger partial charge in [-0.25, -0.2) is 9.37 Å². The van der Waals surface area contributed by atoms with E-state index in [4.69, 9.17) is 4.42 Å². The SMILES string of the molecule is CCN(CC)c1ccc2c(C3=C(C(=O)O)C=CCC(SC#N)C3)c3ccc(=[N+](CC)CC)cc-3oc2c1. The van der Waals surface area contributed by atoms with E-state index in [-0.39, 0.29) is 10.8 Å². The van der Waals surface area contributed by atoms with E-state index in [1.165, 1.54) is 11.8 Å². The molecule has 0 saturated carbocycles. The molecule has 1 N–H and O–H groups in total. The number of allylic oxidation sites excluding steroid dienone is 2. The average molecular weight is 517 g/mol. The number of aliphatic carboxylic acids is 1. The predicted octanol–water partition coefficient (Wildman–Crippen LogP) is 5.97. The highest BCUT2D eigenvalue weighted by atomic mass is 32.2. The molecule has 7 heteroatoms. The zero-order valence-electron chi connectivity index (χ0n) is 22.0. The van der Waals surface area contributed by atoms with Crippen LogP contribution in [0.5, 0.6) is 0 Å². The summed E-state index contributed by atoms with van der Waals surface area (Å²) < 4.78 is 8.80. The van der Waals surface area contributed by atoms with Gasteiger partial charge in [0.05, 0.1) is 11.6 Å². The Morgan fingerprint density at radius 1 is 1.16 bits per heavy atom. The molecule has 1 aromatic carbocycles. The minimum absolute atomic E-state index is 0.0276. The number of hydrogen-bond donors (Lipinski definition) is 1. The topological polar surface area (TPSA) is 80.5 Å². The summed E-state index contributed by atoms with van der Waals surface area (Å²) in [6.45, 7) is 12.0. The van der Waals surface area contributed by atoms with Crippen LogP contribution in [0.4, 0.5) is 5.69 Å². The summed E-state index contributed by atoms with van der Waals surface area (Å²) in [6.07, 6.45) is 4.70. The second kappa shape index (κ2) is 11.7. The van der Waals surface area contributed by atoms with Crippen LogP contribution in [-0.4, -0.2) is 42.5 Å². The molecule has 1 unspecified atom stereocenters. The van der Waals surface area contributed by atoms with Crippen molar-refractivity contribution in [3.63, 3.8) is 0 Å². The Labute approximate surface area is 222 Å². The molecular formula is C30H34N3O3S+.